The molecule has 4 heteroatoms. The third kappa shape index (κ3) is 6.21. The van der Waals surface area contributed by atoms with Crippen molar-refractivity contribution < 1.29 is 0 Å². The van der Waals surface area contributed by atoms with Crippen LogP contribution in [-0.2, 0) is 5.41 Å². The van der Waals surface area contributed by atoms with E-state index in [0.717, 1.165) is 50.1 Å². The van der Waals surface area contributed by atoms with Gasteiger partial charge in [0.25, 0.3) is 0 Å². The molecule has 0 atom stereocenters. The molecule has 1 aliphatic heterocycles. The minimum Gasteiger partial charge on any atom is -0.309 e. The number of para-hydroxylation sites is 2. The molecule has 0 saturated carbocycles. The minimum absolute atomic E-state index is 0.119. The van der Waals surface area contributed by atoms with Crippen LogP contribution >= 0.6 is 0 Å². The molecule has 4 nitrogen and oxygen atoms in total. The summed E-state index contributed by atoms with van der Waals surface area (Å²) in [6, 6.07) is 60.0. The Balaban J connectivity index is 1.08. The van der Waals surface area contributed by atoms with Crippen molar-refractivity contribution in [2.24, 2.45) is 0 Å². The second-order valence-electron chi connectivity index (χ2n) is 15.7. The van der Waals surface area contributed by atoms with Crippen molar-refractivity contribution in [2.45, 2.75) is 26.2 Å². The molecule has 0 amide bonds. The summed E-state index contributed by atoms with van der Waals surface area (Å²) in [6.07, 6.45) is 6.15. The first kappa shape index (κ1) is 35.9. The van der Waals surface area contributed by atoms with E-state index >= 15 is 0 Å². The van der Waals surface area contributed by atoms with Gasteiger partial charge >= 0.3 is 0 Å². The van der Waals surface area contributed by atoms with Crippen molar-refractivity contribution >= 4 is 33.0 Å². The Bertz CT molecular complexity index is 3010. The van der Waals surface area contributed by atoms with E-state index in [9.17, 15) is 0 Å². The lowest BCUT2D eigenvalue weighted by atomic mass is 9.75. The number of hydrogen-bond acceptors (Lipinski definition) is 3. The Morgan fingerprint density at radius 2 is 1.07 bits per heavy atom. The van der Waals surface area contributed by atoms with Crippen LogP contribution in [0.15, 0.2) is 195 Å². The van der Waals surface area contributed by atoms with E-state index in [0.29, 0.717) is 17.5 Å². The number of nitrogens with zero attached hydrogens (tertiary/aromatic N) is 4. The highest BCUT2D eigenvalue weighted by Gasteiger charge is 2.34. The molecular formula is C55H42N4. The smallest absolute Gasteiger partial charge is 0.164 e. The fourth-order valence-electron chi connectivity index (χ4n) is 8.70. The summed E-state index contributed by atoms with van der Waals surface area (Å²) in [5.41, 5.74) is 15.6. The van der Waals surface area contributed by atoms with Crippen LogP contribution in [0.1, 0.15) is 43.3 Å². The standard InChI is InChI=1S/C55H42N4/c1-5-36(44-32-33-49-46(35-44)45-20-15-22-48-51(45)59(49)50-23-14-13-21-47(50)55(48,3)4)34-37(6-2)52-56-53(42-28-24-40(25-29-42)38-16-9-7-10-17-38)58-54(57-52)43-30-26-41(27-31-43)39-18-11-8-12-19-39/h5-35H,1H2,2-4H3/b36-34+,37-6+. The SMILES string of the molecule is C=C/C(=C\C(=C/C)c1nc(-c2ccc(-c3ccccc3)cc2)nc(-c2ccc(-c3ccccc3)cc2)n1)c1ccc2c(c1)c1cccc3c1n2-c1ccccc1C3(C)C. The maximum atomic E-state index is 5.13. The Morgan fingerprint density at radius 1 is 0.525 bits per heavy atom. The van der Waals surface area contributed by atoms with Gasteiger partial charge in [0, 0.05) is 32.9 Å². The van der Waals surface area contributed by atoms with Gasteiger partial charge in [0.1, 0.15) is 0 Å². The van der Waals surface area contributed by atoms with E-state index in [-0.39, 0.29) is 5.41 Å². The molecule has 0 spiro atoms. The molecule has 1 aliphatic rings. The van der Waals surface area contributed by atoms with Crippen molar-refractivity contribution in [1.82, 2.24) is 19.5 Å². The summed E-state index contributed by atoms with van der Waals surface area (Å²) in [6.45, 7) is 11.0. The zero-order valence-corrected chi connectivity index (χ0v) is 33.4. The first-order valence-electron chi connectivity index (χ1n) is 20.2. The summed E-state index contributed by atoms with van der Waals surface area (Å²) < 4.78 is 2.45. The lowest BCUT2D eigenvalue weighted by Gasteiger charge is -2.34. The Hall–Kier alpha value is -7.43. The van der Waals surface area contributed by atoms with Gasteiger partial charge in [-0.3, -0.25) is 0 Å². The fraction of sp³-hybridized carbons (Fsp3) is 0.0727. The Kier molecular flexibility index (Phi) is 8.83. The second kappa shape index (κ2) is 14.5. The van der Waals surface area contributed by atoms with Gasteiger partial charge in [-0.05, 0) is 75.7 Å². The summed E-state index contributed by atoms with van der Waals surface area (Å²) >= 11 is 0. The zero-order chi connectivity index (χ0) is 40.1. The molecule has 0 unspecified atom stereocenters. The van der Waals surface area contributed by atoms with Gasteiger partial charge in [-0.25, -0.2) is 15.0 Å². The molecule has 0 fully saturated rings. The van der Waals surface area contributed by atoms with Gasteiger partial charge in [-0.1, -0.05) is 184 Å². The number of rotatable bonds is 8. The van der Waals surface area contributed by atoms with E-state index in [1.807, 2.05) is 25.1 Å². The summed E-state index contributed by atoms with van der Waals surface area (Å²) in [4.78, 5) is 15.3. The quantitative estimate of drug-likeness (QED) is 0.145. The molecule has 0 saturated heterocycles. The maximum absolute atomic E-state index is 5.13. The lowest BCUT2D eigenvalue weighted by Crippen LogP contribution is -2.26. The molecule has 10 rings (SSSR count). The van der Waals surface area contributed by atoms with Gasteiger partial charge in [0.15, 0.2) is 17.5 Å². The predicted molar refractivity (Wildman–Crippen MR) is 246 cm³/mol. The van der Waals surface area contributed by atoms with Crippen molar-refractivity contribution in [3.8, 4) is 50.7 Å². The maximum Gasteiger partial charge on any atom is 0.164 e. The monoisotopic (exact) mass is 758 g/mol. The minimum atomic E-state index is -0.119. The topological polar surface area (TPSA) is 43.6 Å². The highest BCUT2D eigenvalue weighted by molar-refractivity contribution is 6.12. The third-order valence-electron chi connectivity index (χ3n) is 11.8. The normalized spacial score (nSPS) is 13.4. The van der Waals surface area contributed by atoms with Crippen molar-refractivity contribution in [3.63, 3.8) is 0 Å². The zero-order valence-electron chi connectivity index (χ0n) is 33.4. The Morgan fingerprint density at radius 3 is 1.66 bits per heavy atom. The van der Waals surface area contributed by atoms with Gasteiger partial charge in [-0.15, -0.1) is 0 Å². The molecule has 0 radical (unpaired) electrons. The summed E-state index contributed by atoms with van der Waals surface area (Å²) in [7, 11) is 0. The van der Waals surface area contributed by atoms with Crippen LogP contribution < -0.4 is 0 Å². The van der Waals surface area contributed by atoms with Crippen molar-refractivity contribution in [2.75, 3.05) is 0 Å². The molecular weight excluding hydrogens is 717 g/mol. The Labute approximate surface area is 345 Å². The van der Waals surface area contributed by atoms with Crippen LogP contribution in [0, 0.1) is 0 Å². The average molecular weight is 759 g/mol. The highest BCUT2D eigenvalue weighted by Crippen LogP contribution is 2.47. The van der Waals surface area contributed by atoms with Crippen molar-refractivity contribution in [1.29, 1.82) is 0 Å². The highest BCUT2D eigenvalue weighted by atomic mass is 15.0. The molecule has 9 aromatic rings. The molecule has 0 bridgehead atoms. The van der Waals surface area contributed by atoms with E-state index < -0.39 is 0 Å². The molecule has 7 aromatic carbocycles. The first-order valence-corrected chi connectivity index (χ1v) is 20.2. The van der Waals surface area contributed by atoms with Gasteiger partial charge in [0.05, 0.1) is 16.7 Å². The number of fused-ring (bicyclic) bond motifs is 5. The van der Waals surface area contributed by atoms with Crippen LogP contribution in [0.2, 0.25) is 0 Å². The van der Waals surface area contributed by atoms with E-state index in [2.05, 4.69) is 195 Å². The van der Waals surface area contributed by atoms with Crippen LogP contribution in [0.4, 0.5) is 0 Å². The van der Waals surface area contributed by atoms with Gasteiger partial charge in [-0.2, -0.15) is 0 Å². The van der Waals surface area contributed by atoms with E-state index in [4.69, 9.17) is 15.0 Å². The van der Waals surface area contributed by atoms with Crippen LogP contribution in [0.5, 0.6) is 0 Å². The van der Waals surface area contributed by atoms with E-state index in [1.165, 1.54) is 38.6 Å². The number of benzene rings is 7. The molecule has 0 N–H and O–H groups in total. The second-order valence-corrected chi connectivity index (χ2v) is 15.7. The fourth-order valence-corrected chi connectivity index (χ4v) is 8.70. The molecule has 59 heavy (non-hydrogen) atoms. The molecule has 3 heterocycles. The number of aromatic nitrogens is 4. The first-order chi connectivity index (χ1) is 28.9. The van der Waals surface area contributed by atoms with Crippen LogP contribution in [0.3, 0.4) is 0 Å². The van der Waals surface area contributed by atoms with Crippen LogP contribution in [-0.4, -0.2) is 19.5 Å². The van der Waals surface area contributed by atoms with Crippen LogP contribution in [0.25, 0.3) is 83.7 Å². The lowest BCUT2D eigenvalue weighted by molar-refractivity contribution is 0.630. The predicted octanol–water partition coefficient (Wildman–Crippen LogP) is 13.9. The van der Waals surface area contributed by atoms with Crippen molar-refractivity contribution in [3.05, 3.63) is 217 Å². The number of hydrogen-bond donors (Lipinski definition) is 0. The largest absolute Gasteiger partial charge is 0.309 e. The number of allylic oxidation sites excluding steroid dienone is 5. The van der Waals surface area contributed by atoms with Gasteiger partial charge < -0.3 is 4.57 Å². The third-order valence-corrected chi connectivity index (χ3v) is 11.8. The van der Waals surface area contributed by atoms with Gasteiger partial charge in [0.2, 0.25) is 0 Å². The molecule has 2 aromatic heterocycles. The molecule has 0 aliphatic carbocycles. The summed E-state index contributed by atoms with van der Waals surface area (Å²) in [5, 5.41) is 2.46. The molecule has 282 valence electrons. The summed E-state index contributed by atoms with van der Waals surface area (Å²) in [5.74, 6) is 1.82. The van der Waals surface area contributed by atoms with E-state index in [1.54, 1.807) is 0 Å². The average Bonchev–Trinajstić information content (AvgIpc) is 3.63.